The summed E-state index contributed by atoms with van der Waals surface area (Å²) in [6.07, 6.45) is 1.48. The van der Waals surface area contributed by atoms with Crippen molar-refractivity contribution in [3.63, 3.8) is 0 Å². The summed E-state index contributed by atoms with van der Waals surface area (Å²) in [6, 6.07) is 0. The number of ether oxygens (including phenoxy) is 1. The quantitative estimate of drug-likeness (QED) is 0.789. The number of nitrogens with zero attached hydrogens (tertiary/aromatic N) is 2. The number of carbonyl (C=O) groups is 1. The second-order valence-corrected chi connectivity index (χ2v) is 3.69. The molecule has 0 unspecified atom stereocenters. The van der Waals surface area contributed by atoms with Crippen LogP contribution in [0.5, 0.6) is 0 Å². The highest BCUT2D eigenvalue weighted by molar-refractivity contribution is 5.67. The molecule has 0 saturated heterocycles. The lowest BCUT2D eigenvalue weighted by Crippen LogP contribution is -2.12. The Bertz CT molecular complexity index is 384. The Morgan fingerprint density at radius 3 is 3.20 bits per heavy atom. The van der Waals surface area contributed by atoms with Crippen molar-refractivity contribution in [1.82, 2.24) is 9.78 Å². The summed E-state index contributed by atoms with van der Waals surface area (Å²) in [5.74, 6) is -0.786. The van der Waals surface area contributed by atoms with E-state index in [9.17, 15) is 4.79 Å². The van der Waals surface area contributed by atoms with E-state index in [1.807, 2.05) is 11.7 Å². The number of aryl methyl sites for hydroxylation is 2. The van der Waals surface area contributed by atoms with Crippen LogP contribution in [0, 0.1) is 0 Å². The van der Waals surface area contributed by atoms with Crippen LogP contribution in [-0.4, -0.2) is 27.5 Å². The van der Waals surface area contributed by atoms with Crippen LogP contribution in [0.15, 0.2) is 0 Å². The molecule has 1 aromatic heterocycles. The summed E-state index contributed by atoms with van der Waals surface area (Å²) in [7, 11) is 1.90. The molecule has 0 bridgehead atoms. The molecule has 2 rings (SSSR count). The van der Waals surface area contributed by atoms with Crippen molar-refractivity contribution in [2.75, 3.05) is 6.61 Å². The van der Waals surface area contributed by atoms with Gasteiger partial charge in [-0.1, -0.05) is 0 Å². The number of hydrogen-bond acceptors (Lipinski definition) is 3. The van der Waals surface area contributed by atoms with E-state index in [1.165, 1.54) is 5.69 Å². The fourth-order valence-electron chi connectivity index (χ4n) is 1.91. The Morgan fingerprint density at radius 2 is 2.47 bits per heavy atom. The summed E-state index contributed by atoms with van der Waals surface area (Å²) in [4.78, 5) is 10.5. The average molecular weight is 210 g/mol. The first kappa shape index (κ1) is 10.2. The standard InChI is InChI=1S/C10H14N2O3/c1-12-9-4-5-15-6-7(9)8(11-12)2-3-10(13)14/h2-6H2,1H3,(H,13,14). The molecule has 0 atom stereocenters. The molecule has 1 N–H and O–H groups in total. The van der Waals surface area contributed by atoms with Gasteiger partial charge in [0.25, 0.3) is 0 Å². The maximum absolute atomic E-state index is 10.5. The Hall–Kier alpha value is -1.36. The number of carboxylic acid groups (broad SMARTS) is 1. The van der Waals surface area contributed by atoms with E-state index in [0.29, 0.717) is 13.0 Å². The van der Waals surface area contributed by atoms with Crippen LogP contribution in [0.1, 0.15) is 23.4 Å². The normalized spacial score (nSPS) is 15.0. The van der Waals surface area contributed by atoms with Gasteiger partial charge < -0.3 is 9.84 Å². The lowest BCUT2D eigenvalue weighted by Gasteiger charge is -2.13. The van der Waals surface area contributed by atoms with Crippen LogP contribution in [-0.2, 0) is 36.0 Å². The van der Waals surface area contributed by atoms with E-state index in [2.05, 4.69) is 5.10 Å². The van der Waals surface area contributed by atoms with E-state index in [-0.39, 0.29) is 6.42 Å². The molecular formula is C10H14N2O3. The molecule has 0 spiro atoms. The molecule has 1 aliphatic heterocycles. The number of fused-ring (bicyclic) bond motifs is 1. The highest BCUT2D eigenvalue weighted by Crippen LogP contribution is 2.20. The van der Waals surface area contributed by atoms with Crippen LogP contribution >= 0.6 is 0 Å². The van der Waals surface area contributed by atoms with Crippen molar-refractivity contribution in [3.8, 4) is 0 Å². The molecule has 0 amide bonds. The zero-order chi connectivity index (χ0) is 10.8. The van der Waals surface area contributed by atoms with E-state index in [4.69, 9.17) is 9.84 Å². The van der Waals surface area contributed by atoms with Crippen molar-refractivity contribution in [2.24, 2.45) is 7.05 Å². The first-order valence-corrected chi connectivity index (χ1v) is 5.01. The van der Waals surface area contributed by atoms with E-state index in [0.717, 1.165) is 24.3 Å². The molecule has 0 fully saturated rings. The lowest BCUT2D eigenvalue weighted by molar-refractivity contribution is -0.136. The molecule has 0 saturated carbocycles. The lowest BCUT2D eigenvalue weighted by atomic mass is 10.1. The van der Waals surface area contributed by atoms with Crippen LogP contribution in [0.4, 0.5) is 0 Å². The SMILES string of the molecule is Cn1nc(CCC(=O)O)c2c1CCOC2. The third kappa shape index (κ3) is 2.02. The van der Waals surface area contributed by atoms with Crippen molar-refractivity contribution < 1.29 is 14.6 Å². The predicted octanol–water partition coefficient (Wildman–Crippen LogP) is 0.510. The van der Waals surface area contributed by atoms with Gasteiger partial charge in [-0.3, -0.25) is 9.48 Å². The minimum atomic E-state index is -0.786. The molecule has 0 aliphatic carbocycles. The van der Waals surface area contributed by atoms with Gasteiger partial charge in [0.05, 0.1) is 25.3 Å². The first-order chi connectivity index (χ1) is 7.18. The van der Waals surface area contributed by atoms with Gasteiger partial charge in [-0.05, 0) is 0 Å². The summed E-state index contributed by atoms with van der Waals surface area (Å²) >= 11 is 0. The topological polar surface area (TPSA) is 64.4 Å². The van der Waals surface area contributed by atoms with Gasteiger partial charge in [0, 0.05) is 31.1 Å². The second kappa shape index (κ2) is 4.02. The molecule has 5 nitrogen and oxygen atoms in total. The maximum atomic E-state index is 10.5. The van der Waals surface area contributed by atoms with Gasteiger partial charge in [0.1, 0.15) is 0 Å². The Labute approximate surface area is 87.7 Å². The van der Waals surface area contributed by atoms with Crippen molar-refractivity contribution in [2.45, 2.75) is 25.9 Å². The van der Waals surface area contributed by atoms with Crippen molar-refractivity contribution in [1.29, 1.82) is 0 Å². The number of carboxylic acids is 1. The fraction of sp³-hybridized carbons (Fsp3) is 0.600. The van der Waals surface area contributed by atoms with E-state index < -0.39 is 5.97 Å². The molecule has 15 heavy (non-hydrogen) atoms. The summed E-state index contributed by atoms with van der Waals surface area (Å²) < 4.78 is 7.20. The van der Waals surface area contributed by atoms with Gasteiger partial charge in [0.15, 0.2) is 0 Å². The molecule has 1 aliphatic rings. The summed E-state index contributed by atoms with van der Waals surface area (Å²) in [6.45, 7) is 1.29. The van der Waals surface area contributed by atoms with Gasteiger partial charge in [-0.25, -0.2) is 0 Å². The first-order valence-electron chi connectivity index (χ1n) is 5.01. The van der Waals surface area contributed by atoms with Gasteiger partial charge >= 0.3 is 5.97 Å². The Balaban J connectivity index is 2.20. The van der Waals surface area contributed by atoms with Crippen molar-refractivity contribution in [3.05, 3.63) is 17.0 Å². The second-order valence-electron chi connectivity index (χ2n) is 3.69. The largest absolute Gasteiger partial charge is 0.481 e. The monoisotopic (exact) mass is 210 g/mol. The molecule has 0 aromatic carbocycles. The summed E-state index contributed by atoms with van der Waals surface area (Å²) in [5, 5.41) is 13.0. The smallest absolute Gasteiger partial charge is 0.303 e. The highest BCUT2D eigenvalue weighted by atomic mass is 16.5. The molecule has 0 radical (unpaired) electrons. The molecular weight excluding hydrogens is 196 g/mol. The number of rotatable bonds is 3. The van der Waals surface area contributed by atoms with E-state index in [1.54, 1.807) is 0 Å². The van der Waals surface area contributed by atoms with Crippen LogP contribution in [0.25, 0.3) is 0 Å². The number of aromatic nitrogens is 2. The van der Waals surface area contributed by atoms with Crippen LogP contribution < -0.4 is 0 Å². The van der Waals surface area contributed by atoms with Gasteiger partial charge in [-0.2, -0.15) is 5.10 Å². The Kier molecular flexibility index (Phi) is 2.73. The third-order valence-electron chi connectivity index (χ3n) is 2.66. The predicted molar refractivity (Wildman–Crippen MR) is 52.5 cm³/mol. The van der Waals surface area contributed by atoms with Gasteiger partial charge in [0.2, 0.25) is 0 Å². The molecule has 5 heteroatoms. The van der Waals surface area contributed by atoms with Crippen LogP contribution in [0.2, 0.25) is 0 Å². The minimum Gasteiger partial charge on any atom is -0.481 e. The fourth-order valence-corrected chi connectivity index (χ4v) is 1.91. The zero-order valence-corrected chi connectivity index (χ0v) is 8.69. The maximum Gasteiger partial charge on any atom is 0.303 e. The Morgan fingerprint density at radius 1 is 1.67 bits per heavy atom. The highest BCUT2D eigenvalue weighted by Gasteiger charge is 2.19. The third-order valence-corrected chi connectivity index (χ3v) is 2.66. The van der Waals surface area contributed by atoms with Crippen molar-refractivity contribution >= 4 is 5.97 Å². The number of hydrogen-bond donors (Lipinski definition) is 1. The minimum absolute atomic E-state index is 0.128. The zero-order valence-electron chi connectivity index (χ0n) is 8.69. The average Bonchev–Trinajstić information content (AvgIpc) is 2.54. The molecule has 82 valence electrons. The van der Waals surface area contributed by atoms with Gasteiger partial charge in [-0.15, -0.1) is 0 Å². The molecule has 1 aromatic rings. The number of aliphatic carboxylic acids is 1. The molecule has 2 heterocycles. The van der Waals surface area contributed by atoms with E-state index >= 15 is 0 Å². The summed E-state index contributed by atoms with van der Waals surface area (Å²) in [5.41, 5.74) is 3.14. The van der Waals surface area contributed by atoms with Crippen LogP contribution in [0.3, 0.4) is 0 Å².